The van der Waals surface area contributed by atoms with Gasteiger partial charge in [-0.25, -0.2) is 24.9 Å². The third kappa shape index (κ3) is 5.78. The van der Waals surface area contributed by atoms with Gasteiger partial charge in [-0.3, -0.25) is 0 Å². The average molecular weight is 680 g/mol. The van der Waals surface area contributed by atoms with Crippen molar-refractivity contribution in [1.29, 1.82) is 0 Å². The quantitative estimate of drug-likeness (QED) is 0.174. The summed E-state index contributed by atoms with van der Waals surface area (Å²) in [6.07, 6.45) is 3.58. The van der Waals surface area contributed by atoms with Crippen molar-refractivity contribution >= 4 is 33.0 Å². The van der Waals surface area contributed by atoms with Crippen LogP contribution in [0.15, 0.2) is 181 Å². The molecule has 0 saturated heterocycles. The van der Waals surface area contributed by atoms with E-state index >= 15 is 0 Å². The molecule has 248 valence electrons. The van der Waals surface area contributed by atoms with E-state index in [0.717, 1.165) is 61.2 Å². The van der Waals surface area contributed by atoms with Crippen LogP contribution in [-0.4, -0.2) is 24.9 Å². The molecule has 6 aromatic carbocycles. The molecule has 0 N–H and O–H groups in total. The lowest BCUT2D eigenvalue weighted by atomic mass is 10.0. The van der Waals surface area contributed by atoms with Gasteiger partial charge in [0, 0.05) is 34.0 Å². The Morgan fingerprint density at radius 2 is 0.925 bits per heavy atom. The fraction of sp³-hybridized carbons (Fsp3) is 0. The second kappa shape index (κ2) is 12.8. The highest BCUT2D eigenvalue weighted by Crippen LogP contribution is 2.34. The molecule has 10 aromatic rings. The van der Waals surface area contributed by atoms with Crippen molar-refractivity contribution in [2.24, 2.45) is 0 Å². The van der Waals surface area contributed by atoms with Crippen LogP contribution in [0, 0.1) is 0 Å². The van der Waals surface area contributed by atoms with Gasteiger partial charge in [0.1, 0.15) is 5.52 Å². The number of hydrogen-bond donors (Lipinski definition) is 0. The number of nitrogens with zero attached hydrogens (tertiary/aromatic N) is 5. The molecule has 10 rings (SSSR count). The van der Waals surface area contributed by atoms with E-state index in [1.54, 1.807) is 6.20 Å². The normalized spacial score (nSPS) is 11.4. The average Bonchev–Trinajstić information content (AvgIpc) is 3.61. The van der Waals surface area contributed by atoms with Gasteiger partial charge in [0.15, 0.2) is 17.2 Å². The van der Waals surface area contributed by atoms with Crippen molar-refractivity contribution < 1.29 is 4.42 Å². The maximum Gasteiger partial charge on any atom is 0.229 e. The summed E-state index contributed by atoms with van der Waals surface area (Å²) in [5.74, 6) is 1.28. The van der Waals surface area contributed by atoms with Gasteiger partial charge in [-0.15, -0.1) is 0 Å². The zero-order valence-electron chi connectivity index (χ0n) is 28.4. The highest BCUT2D eigenvalue weighted by atomic mass is 16.3. The van der Waals surface area contributed by atoms with Crippen LogP contribution in [-0.2, 0) is 0 Å². The van der Waals surface area contributed by atoms with Crippen LogP contribution in [0.2, 0.25) is 0 Å². The van der Waals surface area contributed by atoms with Gasteiger partial charge in [0.05, 0.1) is 23.0 Å². The van der Waals surface area contributed by atoms with Crippen LogP contribution in [0.1, 0.15) is 0 Å². The van der Waals surface area contributed by atoms with E-state index in [1.807, 2.05) is 54.7 Å². The summed E-state index contributed by atoms with van der Waals surface area (Å²) in [7, 11) is 0. The first kappa shape index (κ1) is 30.5. The van der Waals surface area contributed by atoms with Crippen molar-refractivity contribution in [3.63, 3.8) is 0 Å². The highest BCUT2D eigenvalue weighted by molar-refractivity contribution is 6.03. The molecule has 0 saturated carbocycles. The topological polar surface area (TPSA) is 77.6 Å². The lowest BCUT2D eigenvalue weighted by Crippen LogP contribution is -1.96. The Bertz CT molecular complexity index is 2920. The number of furan rings is 1. The van der Waals surface area contributed by atoms with E-state index < -0.39 is 0 Å². The number of aromatic nitrogens is 5. The second-order valence-corrected chi connectivity index (χ2v) is 13.0. The Hall–Kier alpha value is -7.31. The first-order chi connectivity index (χ1) is 26.2. The summed E-state index contributed by atoms with van der Waals surface area (Å²) in [6.45, 7) is 0. The molecule has 0 aliphatic carbocycles. The maximum atomic E-state index is 6.06. The van der Waals surface area contributed by atoms with E-state index in [0.29, 0.717) is 22.9 Å². The van der Waals surface area contributed by atoms with Crippen molar-refractivity contribution in [3.05, 3.63) is 176 Å². The lowest BCUT2D eigenvalue weighted by Gasteiger charge is -2.10. The van der Waals surface area contributed by atoms with Crippen molar-refractivity contribution in [3.8, 4) is 67.5 Å². The maximum absolute atomic E-state index is 6.06. The van der Waals surface area contributed by atoms with Crippen LogP contribution >= 0.6 is 0 Å². The summed E-state index contributed by atoms with van der Waals surface area (Å²) in [6, 6.07) is 56.2. The van der Waals surface area contributed by atoms with Gasteiger partial charge < -0.3 is 4.42 Å². The summed E-state index contributed by atoms with van der Waals surface area (Å²) >= 11 is 0. The molecule has 0 unspecified atom stereocenters. The molecule has 0 amide bonds. The lowest BCUT2D eigenvalue weighted by molar-refractivity contribution is 0.651. The van der Waals surface area contributed by atoms with Crippen molar-refractivity contribution in [2.75, 3.05) is 0 Å². The Morgan fingerprint density at radius 1 is 0.358 bits per heavy atom. The Kier molecular flexibility index (Phi) is 7.36. The molecular formula is C47H29N5O. The largest absolute Gasteiger partial charge is 0.434 e. The Balaban J connectivity index is 0.998. The molecule has 0 spiro atoms. The molecule has 4 heterocycles. The molecule has 0 radical (unpaired) electrons. The van der Waals surface area contributed by atoms with E-state index in [9.17, 15) is 0 Å². The molecule has 0 fully saturated rings. The minimum absolute atomic E-state index is 0.537. The van der Waals surface area contributed by atoms with Crippen LogP contribution in [0.5, 0.6) is 0 Å². The Morgan fingerprint density at radius 3 is 1.64 bits per heavy atom. The molecule has 0 atom stereocenters. The van der Waals surface area contributed by atoms with Gasteiger partial charge in [-0.1, -0.05) is 146 Å². The fourth-order valence-electron chi connectivity index (χ4n) is 6.83. The van der Waals surface area contributed by atoms with E-state index in [2.05, 4.69) is 125 Å². The molecule has 4 aromatic heterocycles. The van der Waals surface area contributed by atoms with Gasteiger partial charge in [-0.2, -0.15) is 0 Å². The summed E-state index contributed by atoms with van der Waals surface area (Å²) < 4.78 is 6.06. The van der Waals surface area contributed by atoms with Crippen LogP contribution < -0.4 is 0 Å². The smallest absolute Gasteiger partial charge is 0.229 e. The molecule has 6 heteroatoms. The predicted molar refractivity (Wildman–Crippen MR) is 213 cm³/mol. The first-order valence-electron chi connectivity index (χ1n) is 17.5. The molecule has 53 heavy (non-hydrogen) atoms. The van der Waals surface area contributed by atoms with Crippen molar-refractivity contribution in [1.82, 2.24) is 24.9 Å². The van der Waals surface area contributed by atoms with E-state index in [4.69, 9.17) is 19.4 Å². The standard InChI is InChI=1S/C47H29N5O/c1-3-9-30(10-4-1)32-15-18-33(19-16-32)41-27-42(51-46(50-41)35-12-5-2-6-13-35)34-20-22-36(23-21-34)45-48-29-43-44(52-45)40-26-39(28-49-47(40)53-43)38-24-17-31-11-7-8-14-37(31)25-38/h1-29H. The van der Waals surface area contributed by atoms with Gasteiger partial charge in [0.25, 0.3) is 0 Å². The fourth-order valence-corrected chi connectivity index (χ4v) is 6.83. The monoisotopic (exact) mass is 679 g/mol. The van der Waals surface area contributed by atoms with E-state index in [-0.39, 0.29) is 0 Å². The minimum Gasteiger partial charge on any atom is -0.434 e. The highest BCUT2D eigenvalue weighted by Gasteiger charge is 2.15. The number of pyridine rings is 1. The third-order valence-electron chi connectivity index (χ3n) is 9.64. The van der Waals surface area contributed by atoms with Gasteiger partial charge >= 0.3 is 0 Å². The SMILES string of the molecule is c1ccc(-c2ccc(-c3cc(-c4ccc(-c5ncc6oc7ncc(-c8ccc9ccccc9c8)cc7c6n5)cc4)nc(-c4ccccc4)n3)cc2)cc1. The predicted octanol–water partition coefficient (Wildman–Crippen LogP) is 11.7. The number of benzene rings is 6. The first-order valence-corrected chi connectivity index (χ1v) is 17.5. The zero-order chi connectivity index (χ0) is 35.1. The molecular weight excluding hydrogens is 651 g/mol. The summed E-state index contributed by atoms with van der Waals surface area (Å²) in [5, 5.41) is 3.24. The summed E-state index contributed by atoms with van der Waals surface area (Å²) in [5.41, 5.74) is 11.8. The van der Waals surface area contributed by atoms with E-state index in [1.165, 1.54) is 16.3 Å². The van der Waals surface area contributed by atoms with Gasteiger partial charge in [-0.05, 0) is 45.7 Å². The number of fused-ring (bicyclic) bond motifs is 4. The van der Waals surface area contributed by atoms with Crippen LogP contribution in [0.4, 0.5) is 0 Å². The Labute approximate surface area is 305 Å². The van der Waals surface area contributed by atoms with Crippen molar-refractivity contribution in [2.45, 2.75) is 0 Å². The number of hydrogen-bond acceptors (Lipinski definition) is 6. The molecule has 0 aliphatic rings. The zero-order valence-corrected chi connectivity index (χ0v) is 28.4. The summed E-state index contributed by atoms with van der Waals surface area (Å²) in [4.78, 5) is 24.3. The molecule has 0 bridgehead atoms. The molecule has 6 nitrogen and oxygen atoms in total. The van der Waals surface area contributed by atoms with Crippen LogP contribution in [0.3, 0.4) is 0 Å². The second-order valence-electron chi connectivity index (χ2n) is 13.0. The molecule has 0 aliphatic heterocycles. The van der Waals surface area contributed by atoms with Crippen LogP contribution in [0.25, 0.3) is 101 Å². The van der Waals surface area contributed by atoms with Gasteiger partial charge in [0.2, 0.25) is 5.71 Å². The minimum atomic E-state index is 0.537. The number of rotatable bonds is 6. The third-order valence-corrected chi connectivity index (χ3v) is 9.64.